The molecule has 2 rings (SSSR count). The molecule has 0 unspecified atom stereocenters. The summed E-state index contributed by atoms with van der Waals surface area (Å²) in [4.78, 5) is 11.5. The first kappa shape index (κ1) is 6.82. The van der Waals surface area contributed by atoms with Crippen molar-refractivity contribution >= 4 is 23.4 Å². The predicted octanol–water partition coefficient (Wildman–Crippen LogP) is 1.43. The minimum Gasteiger partial charge on any atom is -0.230 e. The van der Waals surface area contributed by atoms with Crippen molar-refractivity contribution in [2.45, 2.75) is 0 Å². The van der Waals surface area contributed by atoms with Gasteiger partial charge >= 0.3 is 0 Å². The number of aromatic nitrogens is 4. The van der Waals surface area contributed by atoms with Crippen LogP contribution >= 0.6 is 23.4 Å². The normalized spacial score (nSPS) is 10.7. The van der Waals surface area contributed by atoms with Gasteiger partial charge < -0.3 is 0 Å². The summed E-state index contributed by atoms with van der Waals surface area (Å²) >= 11 is 11.3. The Bertz CT molecular complexity index is 325. The molecule has 0 amide bonds. The van der Waals surface area contributed by atoms with Gasteiger partial charge in [-0.15, -0.1) is 0 Å². The third kappa shape index (κ3) is 0.948. The fourth-order valence-electron chi connectivity index (χ4n) is 0.779. The van der Waals surface area contributed by atoms with E-state index in [1.807, 2.05) is 0 Å². The van der Waals surface area contributed by atoms with Gasteiger partial charge in [-0.1, -0.05) is 11.6 Å². The molecule has 0 radical (unpaired) electrons. The summed E-state index contributed by atoms with van der Waals surface area (Å²) in [5, 5.41) is 0.314. The van der Waals surface area contributed by atoms with Gasteiger partial charge in [0.05, 0.1) is 0 Å². The van der Waals surface area contributed by atoms with Gasteiger partial charge in [-0.2, -0.15) is 0 Å². The number of halogens is 2. The number of imidazole rings is 1. The van der Waals surface area contributed by atoms with Crippen molar-refractivity contribution in [2.75, 3.05) is 0 Å². The summed E-state index contributed by atoms with van der Waals surface area (Å²) in [6.45, 7) is 0. The molecule has 2 aliphatic heterocycles. The molecular formula is C5H2Cl2N4. The van der Waals surface area contributed by atoms with Crippen molar-refractivity contribution in [3.63, 3.8) is 0 Å². The molecule has 2 heterocycles. The van der Waals surface area contributed by atoms with Crippen molar-refractivity contribution in [1.82, 2.24) is 19.0 Å². The van der Waals surface area contributed by atoms with Gasteiger partial charge in [0, 0.05) is 11.8 Å². The molecule has 0 saturated carbocycles. The molecule has 0 N–H and O–H groups in total. The number of rotatable bonds is 0. The van der Waals surface area contributed by atoms with Crippen LogP contribution in [0.15, 0.2) is 12.7 Å². The number of nitrogens with zero attached hydrogens (tertiary/aromatic N) is 4. The molecule has 0 atom stereocenters. The minimum absolute atomic E-state index is 0.314. The molecule has 0 aromatic heterocycles. The molecule has 0 fully saturated rings. The summed E-state index contributed by atoms with van der Waals surface area (Å²) in [5.74, 6) is 0.520. The second-order valence-corrected chi connectivity index (χ2v) is 2.61. The van der Waals surface area contributed by atoms with Crippen LogP contribution in [0.3, 0.4) is 0 Å². The van der Waals surface area contributed by atoms with Gasteiger partial charge in [0.2, 0.25) is 0 Å². The quantitative estimate of drug-likeness (QED) is 0.588. The molecular weight excluding hydrogens is 187 g/mol. The summed E-state index contributed by atoms with van der Waals surface area (Å²) in [5.41, 5.74) is 0.518. The van der Waals surface area contributed by atoms with Crippen molar-refractivity contribution in [2.24, 2.45) is 0 Å². The third-order valence-electron chi connectivity index (χ3n) is 1.25. The van der Waals surface area contributed by atoms with Crippen LogP contribution in [0.4, 0.5) is 0 Å². The second kappa shape index (κ2) is 2.32. The average molecular weight is 189 g/mol. The monoisotopic (exact) mass is 188 g/mol. The van der Waals surface area contributed by atoms with Crippen molar-refractivity contribution in [3.05, 3.63) is 17.8 Å². The zero-order chi connectivity index (χ0) is 7.84. The van der Waals surface area contributed by atoms with Crippen LogP contribution in [0.5, 0.6) is 0 Å². The molecule has 56 valence electrons. The Hall–Kier alpha value is -0.870. The lowest BCUT2D eigenvalue weighted by molar-refractivity contribution is 1.06. The van der Waals surface area contributed by atoms with Gasteiger partial charge in [-0.05, 0) is 0 Å². The van der Waals surface area contributed by atoms with Crippen LogP contribution in [-0.4, -0.2) is 19.0 Å². The van der Waals surface area contributed by atoms with E-state index in [2.05, 4.69) is 15.0 Å². The van der Waals surface area contributed by atoms with Crippen molar-refractivity contribution in [1.29, 1.82) is 0 Å². The minimum atomic E-state index is 0.314. The van der Waals surface area contributed by atoms with E-state index in [4.69, 9.17) is 23.4 Å². The average Bonchev–Trinajstić information content (AvgIpc) is 2.45. The van der Waals surface area contributed by atoms with E-state index >= 15 is 0 Å². The maximum absolute atomic E-state index is 5.68. The predicted molar refractivity (Wildman–Crippen MR) is 40.7 cm³/mol. The standard InChI is InChI=1S/C5H2Cl2N4/c6-4-3-5(9-1-8-3)11(7)2-10-4/h1-2H. The molecule has 0 aromatic carbocycles. The maximum atomic E-state index is 5.68. The lowest BCUT2D eigenvalue weighted by Crippen LogP contribution is -1.94. The highest BCUT2D eigenvalue weighted by Gasteiger charge is 2.13. The summed E-state index contributed by atoms with van der Waals surface area (Å²) in [7, 11) is 0. The third-order valence-corrected chi connectivity index (χ3v) is 1.77. The largest absolute Gasteiger partial charge is 0.230 e. The first-order chi connectivity index (χ1) is 5.29. The SMILES string of the molecule is Clc1ncn(Cl)c2ncnc1-2. The Labute approximate surface area is 72.3 Å². The Balaban J connectivity index is 2.82. The molecule has 6 heteroatoms. The van der Waals surface area contributed by atoms with Crippen LogP contribution in [0, 0.1) is 0 Å². The van der Waals surface area contributed by atoms with Crippen LogP contribution in [0.1, 0.15) is 0 Å². The van der Waals surface area contributed by atoms with E-state index in [1.165, 1.54) is 16.7 Å². The van der Waals surface area contributed by atoms with E-state index in [1.54, 1.807) is 0 Å². The number of hydrogen-bond acceptors (Lipinski definition) is 3. The smallest absolute Gasteiger partial charge is 0.179 e. The second-order valence-electron chi connectivity index (χ2n) is 1.89. The van der Waals surface area contributed by atoms with E-state index in [-0.39, 0.29) is 0 Å². The van der Waals surface area contributed by atoms with Crippen LogP contribution in [0.25, 0.3) is 11.5 Å². The molecule has 0 aromatic rings. The van der Waals surface area contributed by atoms with Crippen molar-refractivity contribution < 1.29 is 0 Å². The van der Waals surface area contributed by atoms with Gasteiger partial charge in [0.15, 0.2) is 11.0 Å². The van der Waals surface area contributed by atoms with Crippen molar-refractivity contribution in [3.8, 4) is 11.5 Å². The Morgan fingerprint density at radius 1 is 1.27 bits per heavy atom. The molecule has 0 aliphatic carbocycles. The Kier molecular flexibility index (Phi) is 1.44. The summed E-state index contributed by atoms with van der Waals surface area (Å²) < 4.78 is 1.24. The molecule has 2 aliphatic rings. The van der Waals surface area contributed by atoms with Crippen LogP contribution in [0.2, 0.25) is 5.15 Å². The van der Waals surface area contributed by atoms with E-state index in [0.29, 0.717) is 16.7 Å². The van der Waals surface area contributed by atoms with E-state index in [9.17, 15) is 0 Å². The fraction of sp³-hybridized carbons (Fsp3) is 0. The van der Waals surface area contributed by atoms with Gasteiger partial charge in [-0.3, -0.25) is 0 Å². The lowest BCUT2D eigenvalue weighted by atomic mass is 10.4. The Morgan fingerprint density at radius 3 is 2.82 bits per heavy atom. The number of hydrogen-bond donors (Lipinski definition) is 0. The molecule has 0 saturated heterocycles. The lowest BCUT2D eigenvalue weighted by Gasteiger charge is -2.00. The van der Waals surface area contributed by atoms with Crippen LogP contribution in [-0.2, 0) is 0 Å². The summed E-state index contributed by atoms with van der Waals surface area (Å²) in [6.07, 6.45) is 2.76. The maximum Gasteiger partial charge on any atom is 0.179 e. The molecule has 11 heavy (non-hydrogen) atoms. The highest BCUT2D eigenvalue weighted by atomic mass is 35.5. The summed E-state index contributed by atoms with van der Waals surface area (Å²) in [6, 6.07) is 0. The topological polar surface area (TPSA) is 43.6 Å². The fourth-order valence-corrected chi connectivity index (χ4v) is 1.12. The van der Waals surface area contributed by atoms with E-state index in [0.717, 1.165) is 0 Å². The first-order valence-electron chi connectivity index (χ1n) is 2.79. The van der Waals surface area contributed by atoms with Gasteiger partial charge in [0.25, 0.3) is 0 Å². The highest BCUT2D eigenvalue weighted by Crippen LogP contribution is 2.23. The zero-order valence-corrected chi connectivity index (χ0v) is 6.71. The van der Waals surface area contributed by atoms with E-state index < -0.39 is 0 Å². The van der Waals surface area contributed by atoms with Gasteiger partial charge in [0.1, 0.15) is 18.3 Å². The highest BCUT2D eigenvalue weighted by molar-refractivity contribution is 6.32. The molecule has 4 nitrogen and oxygen atoms in total. The molecule has 0 spiro atoms. The zero-order valence-electron chi connectivity index (χ0n) is 5.20. The molecule has 0 bridgehead atoms. The van der Waals surface area contributed by atoms with Crippen LogP contribution < -0.4 is 0 Å². The number of fused-ring (bicyclic) bond motifs is 1. The Morgan fingerprint density at radius 2 is 2.09 bits per heavy atom. The first-order valence-corrected chi connectivity index (χ1v) is 3.50. The van der Waals surface area contributed by atoms with Gasteiger partial charge in [-0.25, -0.2) is 19.0 Å².